The summed E-state index contributed by atoms with van der Waals surface area (Å²) in [5, 5.41) is 0. The molecule has 2 heterocycles. The maximum atomic E-state index is 6.10. The summed E-state index contributed by atoms with van der Waals surface area (Å²) in [4.78, 5) is 2.43. The molecule has 4 heteroatoms. The quantitative estimate of drug-likeness (QED) is 0.929. The molecule has 2 unspecified atom stereocenters. The standard InChI is InChI=1S/C12H19BrN2O/c1-2-9-7-15(5-3-11(9)14)8-12-10(13)4-6-16-12/h4,6,9,11H,2-3,5,7-8,14H2,1H3. The second kappa shape index (κ2) is 5.34. The van der Waals surface area contributed by atoms with Gasteiger partial charge in [-0.1, -0.05) is 13.3 Å². The van der Waals surface area contributed by atoms with Gasteiger partial charge in [-0.2, -0.15) is 0 Å². The van der Waals surface area contributed by atoms with E-state index in [1.807, 2.05) is 6.07 Å². The molecule has 1 aliphatic rings. The molecule has 0 amide bonds. The third kappa shape index (κ3) is 2.67. The predicted molar refractivity (Wildman–Crippen MR) is 68.1 cm³/mol. The molecular formula is C12H19BrN2O. The SMILES string of the molecule is CCC1CN(Cc2occc2Br)CCC1N. The number of piperidine rings is 1. The van der Waals surface area contributed by atoms with Gasteiger partial charge in [0.1, 0.15) is 5.76 Å². The van der Waals surface area contributed by atoms with Gasteiger partial charge in [0, 0.05) is 19.1 Å². The lowest BCUT2D eigenvalue weighted by Gasteiger charge is -2.36. The van der Waals surface area contributed by atoms with Crippen molar-refractivity contribution >= 4 is 15.9 Å². The van der Waals surface area contributed by atoms with Gasteiger partial charge in [0.2, 0.25) is 0 Å². The Morgan fingerprint density at radius 1 is 1.62 bits per heavy atom. The number of rotatable bonds is 3. The number of furan rings is 1. The Labute approximate surface area is 105 Å². The van der Waals surface area contributed by atoms with Crippen molar-refractivity contribution in [2.45, 2.75) is 32.4 Å². The topological polar surface area (TPSA) is 42.4 Å². The lowest BCUT2D eigenvalue weighted by atomic mass is 9.91. The van der Waals surface area contributed by atoms with E-state index in [0.717, 1.165) is 42.7 Å². The highest BCUT2D eigenvalue weighted by molar-refractivity contribution is 9.10. The lowest BCUT2D eigenvalue weighted by molar-refractivity contribution is 0.136. The molecule has 0 aliphatic carbocycles. The first-order valence-electron chi connectivity index (χ1n) is 5.90. The molecule has 0 bridgehead atoms. The van der Waals surface area contributed by atoms with Crippen molar-refractivity contribution in [3.63, 3.8) is 0 Å². The lowest BCUT2D eigenvalue weighted by Crippen LogP contribution is -2.46. The van der Waals surface area contributed by atoms with Crippen LogP contribution in [0.4, 0.5) is 0 Å². The van der Waals surface area contributed by atoms with Gasteiger partial charge in [-0.05, 0) is 34.3 Å². The van der Waals surface area contributed by atoms with E-state index in [4.69, 9.17) is 10.2 Å². The number of nitrogens with zero attached hydrogens (tertiary/aromatic N) is 1. The van der Waals surface area contributed by atoms with Crippen molar-refractivity contribution < 1.29 is 4.42 Å². The molecule has 1 aromatic rings. The Balaban J connectivity index is 1.94. The van der Waals surface area contributed by atoms with Crippen molar-refractivity contribution in [3.8, 4) is 0 Å². The summed E-state index contributed by atoms with van der Waals surface area (Å²) in [6.07, 6.45) is 3.99. The first-order chi connectivity index (χ1) is 7.70. The van der Waals surface area contributed by atoms with Gasteiger partial charge in [0.15, 0.2) is 0 Å². The summed E-state index contributed by atoms with van der Waals surface area (Å²) in [6, 6.07) is 2.32. The number of hydrogen-bond donors (Lipinski definition) is 1. The zero-order valence-corrected chi connectivity index (χ0v) is 11.2. The van der Waals surface area contributed by atoms with Gasteiger partial charge in [-0.15, -0.1) is 0 Å². The fourth-order valence-electron chi connectivity index (χ4n) is 2.34. The Hall–Kier alpha value is -0.320. The van der Waals surface area contributed by atoms with Crippen LogP contribution in [0.5, 0.6) is 0 Å². The summed E-state index contributed by atoms with van der Waals surface area (Å²) >= 11 is 3.49. The Kier molecular flexibility index (Phi) is 4.05. The van der Waals surface area contributed by atoms with Crippen LogP contribution in [0.3, 0.4) is 0 Å². The van der Waals surface area contributed by atoms with Crippen LogP contribution in [0.25, 0.3) is 0 Å². The minimum Gasteiger partial charge on any atom is -0.467 e. The second-order valence-electron chi connectivity index (χ2n) is 4.55. The highest BCUT2D eigenvalue weighted by Crippen LogP contribution is 2.23. The van der Waals surface area contributed by atoms with E-state index in [1.165, 1.54) is 0 Å². The predicted octanol–water partition coefficient (Wildman–Crippen LogP) is 2.60. The average molecular weight is 287 g/mol. The van der Waals surface area contributed by atoms with Gasteiger partial charge in [-0.25, -0.2) is 0 Å². The normalized spacial score (nSPS) is 27.2. The van der Waals surface area contributed by atoms with Gasteiger partial charge in [-0.3, -0.25) is 4.90 Å². The summed E-state index contributed by atoms with van der Waals surface area (Å²) in [5.41, 5.74) is 6.10. The van der Waals surface area contributed by atoms with E-state index in [0.29, 0.717) is 12.0 Å². The molecule has 2 rings (SSSR count). The minimum absolute atomic E-state index is 0.376. The molecule has 16 heavy (non-hydrogen) atoms. The maximum Gasteiger partial charge on any atom is 0.131 e. The van der Waals surface area contributed by atoms with Crippen LogP contribution in [0, 0.1) is 5.92 Å². The molecule has 1 aromatic heterocycles. The monoisotopic (exact) mass is 286 g/mol. The summed E-state index contributed by atoms with van der Waals surface area (Å²) in [7, 11) is 0. The molecule has 0 aromatic carbocycles. The number of nitrogens with two attached hydrogens (primary N) is 1. The van der Waals surface area contributed by atoms with E-state index in [2.05, 4.69) is 27.8 Å². The van der Waals surface area contributed by atoms with E-state index in [-0.39, 0.29) is 0 Å². The van der Waals surface area contributed by atoms with Gasteiger partial charge in [0.05, 0.1) is 17.3 Å². The smallest absolute Gasteiger partial charge is 0.131 e. The Bertz CT molecular complexity index is 340. The minimum atomic E-state index is 0.376. The first kappa shape index (κ1) is 12.1. The molecule has 2 N–H and O–H groups in total. The van der Waals surface area contributed by atoms with Crippen LogP contribution < -0.4 is 5.73 Å². The highest BCUT2D eigenvalue weighted by atomic mass is 79.9. The average Bonchev–Trinajstić information content (AvgIpc) is 2.67. The zero-order chi connectivity index (χ0) is 11.5. The first-order valence-corrected chi connectivity index (χ1v) is 6.69. The number of likely N-dealkylation sites (tertiary alicyclic amines) is 1. The largest absolute Gasteiger partial charge is 0.467 e. The number of hydrogen-bond acceptors (Lipinski definition) is 3. The van der Waals surface area contributed by atoms with Crippen LogP contribution in [-0.4, -0.2) is 24.0 Å². The third-order valence-corrected chi connectivity index (χ3v) is 4.17. The van der Waals surface area contributed by atoms with Crippen molar-refractivity contribution in [1.29, 1.82) is 0 Å². The van der Waals surface area contributed by atoms with Gasteiger partial charge < -0.3 is 10.2 Å². The second-order valence-corrected chi connectivity index (χ2v) is 5.40. The van der Waals surface area contributed by atoms with Crippen LogP contribution >= 0.6 is 15.9 Å². The summed E-state index contributed by atoms with van der Waals surface area (Å²) in [6.45, 7) is 5.27. The van der Waals surface area contributed by atoms with Crippen LogP contribution in [0.1, 0.15) is 25.5 Å². The zero-order valence-electron chi connectivity index (χ0n) is 9.66. The van der Waals surface area contributed by atoms with Crippen molar-refractivity contribution in [2.75, 3.05) is 13.1 Å². The molecule has 0 saturated carbocycles. The van der Waals surface area contributed by atoms with Gasteiger partial charge >= 0.3 is 0 Å². The van der Waals surface area contributed by atoms with Crippen molar-refractivity contribution in [2.24, 2.45) is 11.7 Å². The number of halogens is 1. The Morgan fingerprint density at radius 3 is 3.06 bits per heavy atom. The van der Waals surface area contributed by atoms with Crippen LogP contribution in [0.2, 0.25) is 0 Å². The molecule has 1 aliphatic heterocycles. The van der Waals surface area contributed by atoms with E-state index in [9.17, 15) is 0 Å². The molecule has 0 spiro atoms. The van der Waals surface area contributed by atoms with E-state index in [1.54, 1.807) is 6.26 Å². The molecule has 90 valence electrons. The van der Waals surface area contributed by atoms with Crippen LogP contribution in [-0.2, 0) is 6.54 Å². The van der Waals surface area contributed by atoms with E-state index >= 15 is 0 Å². The van der Waals surface area contributed by atoms with Crippen molar-refractivity contribution in [3.05, 3.63) is 22.6 Å². The van der Waals surface area contributed by atoms with Gasteiger partial charge in [0.25, 0.3) is 0 Å². The fraction of sp³-hybridized carbons (Fsp3) is 0.667. The molecule has 0 radical (unpaired) electrons. The highest BCUT2D eigenvalue weighted by Gasteiger charge is 2.25. The molecule has 1 fully saturated rings. The Morgan fingerprint density at radius 2 is 2.44 bits per heavy atom. The summed E-state index contributed by atoms with van der Waals surface area (Å²) in [5.74, 6) is 1.65. The van der Waals surface area contributed by atoms with Crippen LogP contribution in [0.15, 0.2) is 21.2 Å². The molecule has 3 nitrogen and oxygen atoms in total. The maximum absolute atomic E-state index is 6.10. The third-order valence-electron chi connectivity index (χ3n) is 3.46. The van der Waals surface area contributed by atoms with E-state index < -0.39 is 0 Å². The van der Waals surface area contributed by atoms with Crippen molar-refractivity contribution in [1.82, 2.24) is 4.90 Å². The summed E-state index contributed by atoms with van der Waals surface area (Å²) < 4.78 is 6.51. The molecule has 1 saturated heterocycles. The molecule has 2 atom stereocenters. The fourth-order valence-corrected chi connectivity index (χ4v) is 2.67. The molecular weight excluding hydrogens is 268 g/mol.